The first-order valence-electron chi connectivity index (χ1n) is 8.23. The third-order valence-corrected chi connectivity index (χ3v) is 3.92. The van der Waals surface area contributed by atoms with Crippen LogP contribution in [0, 0.1) is 15.9 Å². The number of benzene rings is 1. The first-order chi connectivity index (χ1) is 12.1. The Bertz CT molecular complexity index is 744. The SMILES string of the molecule is CCC1(c2cc([N+](=O)[O-])ccc2F)CCOC(NC(=O)OC(C)(C)C)=N1. The summed E-state index contributed by atoms with van der Waals surface area (Å²) in [5, 5.41) is 13.4. The number of nitro benzene ring substituents is 1. The summed E-state index contributed by atoms with van der Waals surface area (Å²) in [6.07, 6.45) is -0.0580. The smallest absolute Gasteiger partial charge is 0.415 e. The van der Waals surface area contributed by atoms with Gasteiger partial charge in [0, 0.05) is 24.1 Å². The van der Waals surface area contributed by atoms with Crippen LogP contribution in [0.2, 0.25) is 0 Å². The van der Waals surface area contributed by atoms with Crippen LogP contribution in [-0.2, 0) is 15.0 Å². The molecule has 8 nitrogen and oxygen atoms in total. The normalized spacial score (nSPS) is 20.0. The van der Waals surface area contributed by atoms with Crippen LogP contribution in [0.3, 0.4) is 0 Å². The summed E-state index contributed by atoms with van der Waals surface area (Å²) < 4.78 is 24.9. The van der Waals surface area contributed by atoms with Crippen molar-refractivity contribution in [1.29, 1.82) is 0 Å². The Kier molecular flexibility index (Phi) is 5.48. The molecule has 0 radical (unpaired) electrons. The number of nitro groups is 1. The Labute approximate surface area is 150 Å². The van der Waals surface area contributed by atoms with Gasteiger partial charge in [-0.1, -0.05) is 6.92 Å². The summed E-state index contributed by atoms with van der Waals surface area (Å²) in [4.78, 5) is 26.7. The summed E-state index contributed by atoms with van der Waals surface area (Å²) >= 11 is 0. The molecular formula is C17H22FN3O5. The van der Waals surface area contributed by atoms with Gasteiger partial charge in [-0.05, 0) is 33.3 Å². The molecular weight excluding hydrogens is 345 g/mol. The minimum absolute atomic E-state index is 0.0981. The second-order valence-electron chi connectivity index (χ2n) is 6.95. The number of hydrogen-bond donors (Lipinski definition) is 1. The third kappa shape index (κ3) is 4.47. The number of nitrogens with zero attached hydrogens (tertiary/aromatic N) is 2. The van der Waals surface area contributed by atoms with Crippen LogP contribution in [-0.4, -0.2) is 29.2 Å². The van der Waals surface area contributed by atoms with Crippen molar-refractivity contribution in [2.75, 3.05) is 6.61 Å². The van der Waals surface area contributed by atoms with E-state index >= 15 is 0 Å². The fraction of sp³-hybridized carbons (Fsp3) is 0.529. The number of carbonyl (C=O) groups is 1. The number of alkyl carbamates (subject to hydrolysis) is 1. The van der Waals surface area contributed by atoms with Crippen molar-refractivity contribution in [1.82, 2.24) is 5.32 Å². The number of ether oxygens (including phenoxy) is 2. The zero-order valence-electron chi connectivity index (χ0n) is 15.2. The minimum atomic E-state index is -1.07. The molecule has 9 heteroatoms. The lowest BCUT2D eigenvalue weighted by molar-refractivity contribution is -0.385. The average Bonchev–Trinajstić information content (AvgIpc) is 2.53. The molecule has 1 aliphatic heterocycles. The molecule has 0 bridgehead atoms. The van der Waals surface area contributed by atoms with Gasteiger partial charge in [0.15, 0.2) is 0 Å². The first kappa shape index (κ1) is 19.6. The van der Waals surface area contributed by atoms with Gasteiger partial charge in [0.25, 0.3) is 11.7 Å². The lowest BCUT2D eigenvalue weighted by Crippen LogP contribution is -2.43. The number of aliphatic imine (C=N–C) groups is 1. The van der Waals surface area contributed by atoms with Crippen LogP contribution in [0.4, 0.5) is 14.9 Å². The van der Waals surface area contributed by atoms with Gasteiger partial charge in [0.05, 0.1) is 17.1 Å². The zero-order valence-corrected chi connectivity index (χ0v) is 15.2. The lowest BCUT2D eigenvalue weighted by Gasteiger charge is -2.33. The summed E-state index contributed by atoms with van der Waals surface area (Å²) in [6, 6.07) is 3.24. The van der Waals surface area contributed by atoms with Crippen LogP contribution in [0.25, 0.3) is 0 Å². The highest BCUT2D eigenvalue weighted by Crippen LogP contribution is 2.38. The molecule has 2 rings (SSSR count). The second kappa shape index (κ2) is 7.27. The van der Waals surface area contributed by atoms with Gasteiger partial charge in [-0.3, -0.25) is 10.1 Å². The van der Waals surface area contributed by atoms with Crippen molar-refractivity contribution >= 4 is 17.8 Å². The monoisotopic (exact) mass is 367 g/mol. The fourth-order valence-corrected chi connectivity index (χ4v) is 2.68. The van der Waals surface area contributed by atoms with Crippen LogP contribution in [0.1, 0.15) is 46.1 Å². The molecule has 142 valence electrons. The summed E-state index contributed by atoms with van der Waals surface area (Å²) in [6.45, 7) is 7.10. The first-order valence-corrected chi connectivity index (χ1v) is 8.23. The van der Waals surface area contributed by atoms with E-state index < -0.39 is 28.0 Å². The Hall–Kier alpha value is -2.71. The molecule has 1 atom stereocenters. The third-order valence-electron chi connectivity index (χ3n) is 3.92. The number of non-ortho nitro benzene ring substituents is 1. The molecule has 0 saturated heterocycles. The summed E-state index contributed by atoms with van der Waals surface area (Å²) in [5.74, 6) is -0.597. The molecule has 1 N–H and O–H groups in total. The molecule has 1 amide bonds. The highest BCUT2D eigenvalue weighted by molar-refractivity contribution is 5.91. The van der Waals surface area contributed by atoms with E-state index in [-0.39, 0.29) is 23.9 Å². The molecule has 1 heterocycles. The number of carbonyl (C=O) groups excluding carboxylic acids is 1. The standard InChI is InChI=1S/C17H22FN3O5/c1-5-17(12-10-11(21(23)24)6-7-13(12)18)8-9-25-14(20-17)19-15(22)26-16(2,3)4/h6-7,10H,5,8-9H2,1-4H3,(H,19,20,22). The van der Waals surface area contributed by atoms with Crippen LogP contribution < -0.4 is 5.32 Å². The van der Waals surface area contributed by atoms with Crippen molar-refractivity contribution < 1.29 is 23.6 Å². The molecule has 1 aromatic carbocycles. The largest absolute Gasteiger partial charge is 0.465 e. The van der Waals surface area contributed by atoms with Crippen molar-refractivity contribution in [3.05, 3.63) is 39.7 Å². The molecule has 1 unspecified atom stereocenters. The topological polar surface area (TPSA) is 103 Å². The van der Waals surface area contributed by atoms with Gasteiger partial charge >= 0.3 is 6.09 Å². The Balaban J connectivity index is 2.37. The van der Waals surface area contributed by atoms with Crippen molar-refractivity contribution in [3.63, 3.8) is 0 Å². The summed E-state index contributed by atoms with van der Waals surface area (Å²) in [7, 11) is 0. The predicted molar refractivity (Wildman–Crippen MR) is 92.4 cm³/mol. The van der Waals surface area contributed by atoms with Crippen molar-refractivity contribution in [2.45, 2.75) is 51.7 Å². The predicted octanol–water partition coefficient (Wildman–Crippen LogP) is 3.64. The van der Waals surface area contributed by atoms with E-state index in [0.29, 0.717) is 12.8 Å². The van der Waals surface area contributed by atoms with E-state index in [0.717, 1.165) is 12.1 Å². The van der Waals surface area contributed by atoms with E-state index in [1.807, 2.05) is 0 Å². The average molecular weight is 367 g/mol. The van der Waals surface area contributed by atoms with E-state index in [9.17, 15) is 19.3 Å². The summed E-state index contributed by atoms with van der Waals surface area (Å²) in [5.41, 5.74) is -1.90. The van der Waals surface area contributed by atoms with E-state index in [1.165, 1.54) is 6.07 Å². The van der Waals surface area contributed by atoms with Gasteiger partial charge in [-0.2, -0.15) is 0 Å². The van der Waals surface area contributed by atoms with E-state index in [4.69, 9.17) is 9.47 Å². The van der Waals surface area contributed by atoms with Gasteiger partial charge in [0.1, 0.15) is 11.4 Å². The van der Waals surface area contributed by atoms with E-state index in [1.54, 1.807) is 27.7 Å². The number of amides is 1. The van der Waals surface area contributed by atoms with E-state index in [2.05, 4.69) is 10.3 Å². The van der Waals surface area contributed by atoms with Gasteiger partial charge < -0.3 is 9.47 Å². The van der Waals surface area contributed by atoms with Gasteiger partial charge in [-0.15, -0.1) is 0 Å². The molecule has 0 fully saturated rings. The zero-order chi connectivity index (χ0) is 19.5. The second-order valence-corrected chi connectivity index (χ2v) is 6.95. The number of amidine groups is 1. The number of rotatable bonds is 3. The van der Waals surface area contributed by atoms with Crippen LogP contribution in [0.5, 0.6) is 0 Å². The Morgan fingerprint density at radius 2 is 2.19 bits per heavy atom. The maximum Gasteiger partial charge on any atom is 0.415 e. The Morgan fingerprint density at radius 3 is 2.77 bits per heavy atom. The highest BCUT2D eigenvalue weighted by Gasteiger charge is 2.38. The number of halogens is 1. The molecule has 0 aromatic heterocycles. The fourth-order valence-electron chi connectivity index (χ4n) is 2.68. The maximum atomic E-state index is 14.4. The maximum absolute atomic E-state index is 14.4. The minimum Gasteiger partial charge on any atom is -0.465 e. The van der Waals surface area contributed by atoms with Gasteiger partial charge in [0.2, 0.25) is 0 Å². The molecule has 0 aliphatic carbocycles. The van der Waals surface area contributed by atoms with Crippen LogP contribution >= 0.6 is 0 Å². The Morgan fingerprint density at radius 1 is 1.50 bits per heavy atom. The molecule has 26 heavy (non-hydrogen) atoms. The quantitative estimate of drug-likeness (QED) is 0.649. The molecule has 1 aliphatic rings. The van der Waals surface area contributed by atoms with Crippen molar-refractivity contribution in [2.24, 2.45) is 4.99 Å². The van der Waals surface area contributed by atoms with Crippen molar-refractivity contribution in [3.8, 4) is 0 Å². The highest BCUT2D eigenvalue weighted by atomic mass is 19.1. The van der Waals surface area contributed by atoms with Gasteiger partial charge in [-0.25, -0.2) is 19.5 Å². The number of nitrogens with one attached hydrogen (secondary N) is 1. The molecule has 0 spiro atoms. The molecule has 0 saturated carbocycles. The lowest BCUT2D eigenvalue weighted by atomic mass is 9.84. The number of hydrogen-bond acceptors (Lipinski definition) is 6. The molecule has 1 aromatic rings. The van der Waals surface area contributed by atoms with Crippen LogP contribution in [0.15, 0.2) is 23.2 Å².